The summed E-state index contributed by atoms with van der Waals surface area (Å²) < 4.78 is 1.48. The molecule has 0 spiro atoms. The van der Waals surface area contributed by atoms with Crippen molar-refractivity contribution in [1.29, 1.82) is 0 Å². The minimum atomic E-state index is -0.126. The van der Waals surface area contributed by atoms with Crippen LogP contribution in [0.4, 0.5) is 0 Å². The van der Waals surface area contributed by atoms with Crippen LogP contribution in [0.3, 0.4) is 0 Å². The monoisotopic (exact) mass is 322 g/mol. The number of rotatable bonds is 4. The van der Waals surface area contributed by atoms with Crippen LogP contribution in [-0.4, -0.2) is 28.0 Å². The molecule has 0 bridgehead atoms. The summed E-state index contributed by atoms with van der Waals surface area (Å²) in [7, 11) is 0. The van der Waals surface area contributed by atoms with Crippen molar-refractivity contribution >= 4 is 12.0 Å². The van der Waals surface area contributed by atoms with Crippen LogP contribution in [0.5, 0.6) is 0 Å². The quantitative estimate of drug-likeness (QED) is 0.868. The third-order valence-electron chi connectivity index (χ3n) is 4.39. The lowest BCUT2D eigenvalue weighted by atomic mass is 10.1. The van der Waals surface area contributed by atoms with Gasteiger partial charge in [0.1, 0.15) is 6.54 Å². The lowest BCUT2D eigenvalue weighted by Gasteiger charge is -2.22. The lowest BCUT2D eigenvalue weighted by molar-refractivity contribution is -0.131. The van der Waals surface area contributed by atoms with Crippen LogP contribution in [-0.2, 0) is 11.3 Å². The van der Waals surface area contributed by atoms with E-state index in [0.717, 1.165) is 30.5 Å². The number of likely N-dealkylation sites (tertiary alicyclic amines) is 1. The molecule has 1 fully saturated rings. The summed E-state index contributed by atoms with van der Waals surface area (Å²) in [6, 6.07) is 13.6. The first kappa shape index (κ1) is 16.2. The first-order chi connectivity index (χ1) is 11.6. The fraction of sp³-hybridized carbons (Fsp3) is 0.300. The summed E-state index contributed by atoms with van der Waals surface area (Å²) in [6.07, 6.45) is 7.82. The van der Waals surface area contributed by atoms with E-state index >= 15 is 0 Å². The minimum Gasteiger partial charge on any atom is -0.335 e. The predicted molar refractivity (Wildman–Crippen MR) is 95.7 cm³/mol. The average Bonchev–Trinajstić information content (AvgIpc) is 3.05. The zero-order valence-corrected chi connectivity index (χ0v) is 13.9. The molecule has 1 aromatic heterocycles. The number of pyridine rings is 1. The van der Waals surface area contributed by atoms with Gasteiger partial charge in [-0.2, -0.15) is 0 Å². The van der Waals surface area contributed by atoms with Crippen molar-refractivity contribution < 1.29 is 4.79 Å². The Morgan fingerprint density at radius 1 is 1.25 bits per heavy atom. The van der Waals surface area contributed by atoms with Gasteiger partial charge in [-0.1, -0.05) is 42.5 Å². The number of hydrogen-bond acceptors (Lipinski definition) is 2. The van der Waals surface area contributed by atoms with E-state index < -0.39 is 0 Å². The summed E-state index contributed by atoms with van der Waals surface area (Å²) in [5.74, 6) is 0.00108. The van der Waals surface area contributed by atoms with Crippen molar-refractivity contribution in [2.75, 3.05) is 6.54 Å². The molecule has 2 heterocycles. The molecule has 0 N–H and O–H groups in total. The van der Waals surface area contributed by atoms with Gasteiger partial charge in [-0.25, -0.2) is 0 Å². The molecule has 24 heavy (non-hydrogen) atoms. The molecule has 1 unspecified atom stereocenters. The van der Waals surface area contributed by atoms with Gasteiger partial charge >= 0.3 is 0 Å². The van der Waals surface area contributed by atoms with Crippen molar-refractivity contribution in [2.45, 2.75) is 32.4 Å². The van der Waals surface area contributed by atoms with Gasteiger partial charge in [-0.05, 0) is 37.0 Å². The van der Waals surface area contributed by atoms with Gasteiger partial charge in [0.05, 0.1) is 6.04 Å². The van der Waals surface area contributed by atoms with Gasteiger partial charge in [0, 0.05) is 18.8 Å². The van der Waals surface area contributed by atoms with Crippen molar-refractivity contribution in [3.8, 4) is 0 Å². The second-order valence-electron chi connectivity index (χ2n) is 6.24. The molecule has 1 aromatic carbocycles. The maximum absolute atomic E-state index is 12.6. The van der Waals surface area contributed by atoms with E-state index in [4.69, 9.17) is 0 Å². The van der Waals surface area contributed by atoms with E-state index in [1.54, 1.807) is 12.3 Å². The van der Waals surface area contributed by atoms with Gasteiger partial charge in [0.25, 0.3) is 5.56 Å². The highest BCUT2D eigenvalue weighted by Gasteiger charge is 2.26. The van der Waals surface area contributed by atoms with Crippen LogP contribution in [0.15, 0.2) is 59.5 Å². The molecule has 1 amide bonds. The Balaban J connectivity index is 1.69. The van der Waals surface area contributed by atoms with Crippen LogP contribution < -0.4 is 5.56 Å². The Bertz CT molecular complexity index is 793. The molecule has 1 aliphatic rings. The van der Waals surface area contributed by atoms with Crippen LogP contribution in [0, 0.1) is 6.92 Å². The van der Waals surface area contributed by atoms with Crippen molar-refractivity contribution in [3.05, 3.63) is 76.2 Å². The highest BCUT2D eigenvalue weighted by Crippen LogP contribution is 2.20. The fourth-order valence-corrected chi connectivity index (χ4v) is 3.06. The standard InChI is InChI=1S/C20H22N2O2/c1-16-11-13-21(19(23)14-16)15-20(24)22-12-5-8-18(22)10-9-17-6-3-2-4-7-17/h2-4,6-7,9-11,13-14,18H,5,8,12,15H2,1H3/b10-9+. The average molecular weight is 322 g/mol. The predicted octanol–water partition coefficient (Wildman–Crippen LogP) is 2.86. The molecule has 0 radical (unpaired) electrons. The summed E-state index contributed by atoms with van der Waals surface area (Å²) >= 11 is 0. The Morgan fingerprint density at radius 2 is 2.04 bits per heavy atom. The second-order valence-corrected chi connectivity index (χ2v) is 6.24. The topological polar surface area (TPSA) is 42.3 Å². The number of hydrogen-bond donors (Lipinski definition) is 0. The number of carbonyl (C=O) groups excluding carboxylic acids is 1. The zero-order chi connectivity index (χ0) is 16.9. The number of amides is 1. The maximum Gasteiger partial charge on any atom is 0.251 e. The summed E-state index contributed by atoms with van der Waals surface area (Å²) in [4.78, 5) is 26.4. The van der Waals surface area contributed by atoms with Gasteiger partial charge in [-0.15, -0.1) is 0 Å². The van der Waals surface area contributed by atoms with E-state index in [0.29, 0.717) is 0 Å². The number of carbonyl (C=O) groups is 1. The Morgan fingerprint density at radius 3 is 2.79 bits per heavy atom. The maximum atomic E-state index is 12.6. The van der Waals surface area contributed by atoms with Crippen molar-refractivity contribution in [2.24, 2.45) is 0 Å². The van der Waals surface area contributed by atoms with E-state index in [9.17, 15) is 9.59 Å². The van der Waals surface area contributed by atoms with Crippen molar-refractivity contribution in [3.63, 3.8) is 0 Å². The van der Waals surface area contributed by atoms with Gasteiger partial charge in [-0.3, -0.25) is 9.59 Å². The molecule has 4 heteroatoms. The Hall–Kier alpha value is -2.62. The highest BCUT2D eigenvalue weighted by molar-refractivity contribution is 5.77. The Labute approximate surface area is 142 Å². The van der Waals surface area contributed by atoms with E-state index in [1.165, 1.54) is 4.57 Å². The molecule has 1 atom stereocenters. The lowest BCUT2D eigenvalue weighted by Crippen LogP contribution is -2.38. The van der Waals surface area contributed by atoms with Gasteiger partial charge in [0.15, 0.2) is 0 Å². The van der Waals surface area contributed by atoms with E-state index in [-0.39, 0.29) is 24.1 Å². The first-order valence-electron chi connectivity index (χ1n) is 8.33. The number of aryl methyl sites for hydroxylation is 1. The SMILES string of the molecule is Cc1ccn(CC(=O)N2CCCC2/C=C/c2ccccc2)c(=O)c1. The van der Waals surface area contributed by atoms with Crippen LogP contribution in [0.2, 0.25) is 0 Å². The van der Waals surface area contributed by atoms with E-state index in [2.05, 4.69) is 12.2 Å². The molecule has 1 saturated heterocycles. The third-order valence-corrected chi connectivity index (χ3v) is 4.39. The fourth-order valence-electron chi connectivity index (χ4n) is 3.06. The summed E-state index contributed by atoms with van der Waals surface area (Å²) in [6.45, 7) is 2.73. The highest BCUT2D eigenvalue weighted by atomic mass is 16.2. The van der Waals surface area contributed by atoms with Gasteiger partial charge in [0.2, 0.25) is 5.91 Å². The molecule has 4 nitrogen and oxygen atoms in total. The van der Waals surface area contributed by atoms with Crippen LogP contribution in [0.1, 0.15) is 24.0 Å². The molecule has 0 aliphatic carbocycles. The molecule has 0 saturated carbocycles. The number of nitrogens with zero attached hydrogens (tertiary/aromatic N) is 2. The largest absolute Gasteiger partial charge is 0.335 e. The smallest absolute Gasteiger partial charge is 0.251 e. The molecular formula is C20H22N2O2. The Kier molecular flexibility index (Phi) is 4.94. The summed E-state index contributed by atoms with van der Waals surface area (Å²) in [5.41, 5.74) is 1.92. The molecule has 124 valence electrons. The normalized spacial score (nSPS) is 17.5. The third kappa shape index (κ3) is 3.82. The van der Waals surface area contributed by atoms with Crippen molar-refractivity contribution in [1.82, 2.24) is 9.47 Å². The second kappa shape index (κ2) is 7.30. The number of aromatic nitrogens is 1. The van der Waals surface area contributed by atoms with Crippen LogP contribution >= 0.6 is 0 Å². The minimum absolute atomic E-state index is 0.00108. The molecule has 3 rings (SSSR count). The zero-order valence-electron chi connectivity index (χ0n) is 13.9. The summed E-state index contributed by atoms with van der Waals surface area (Å²) in [5, 5.41) is 0. The first-order valence-corrected chi connectivity index (χ1v) is 8.33. The molecule has 2 aromatic rings. The number of benzene rings is 1. The molecular weight excluding hydrogens is 300 g/mol. The van der Waals surface area contributed by atoms with Crippen LogP contribution in [0.25, 0.3) is 6.08 Å². The van der Waals surface area contributed by atoms with E-state index in [1.807, 2.05) is 48.2 Å². The van der Waals surface area contributed by atoms with Gasteiger partial charge < -0.3 is 9.47 Å². The molecule has 1 aliphatic heterocycles.